The van der Waals surface area contributed by atoms with Gasteiger partial charge in [-0.25, -0.2) is 9.59 Å². The molecule has 0 saturated heterocycles. The van der Waals surface area contributed by atoms with Crippen LogP contribution in [0, 0.1) is 0 Å². The summed E-state index contributed by atoms with van der Waals surface area (Å²) in [6, 6.07) is 16.6. The van der Waals surface area contributed by atoms with Gasteiger partial charge in [0.15, 0.2) is 0 Å². The van der Waals surface area contributed by atoms with E-state index in [2.05, 4.69) is 4.74 Å². The summed E-state index contributed by atoms with van der Waals surface area (Å²) in [5.74, 6) is -0.396. The van der Waals surface area contributed by atoms with Crippen LogP contribution < -0.4 is 5.73 Å². The summed E-state index contributed by atoms with van der Waals surface area (Å²) in [5.41, 5.74) is 7.86. The Kier molecular flexibility index (Phi) is 8.32. The van der Waals surface area contributed by atoms with Gasteiger partial charge >= 0.3 is 12.1 Å². The van der Waals surface area contributed by atoms with Crippen molar-refractivity contribution in [3.63, 3.8) is 0 Å². The molecular formula is C21H26N2O4. The molecule has 0 heterocycles. The third-order valence-corrected chi connectivity index (χ3v) is 4.09. The van der Waals surface area contributed by atoms with Crippen LogP contribution in [0.5, 0.6) is 0 Å². The van der Waals surface area contributed by atoms with Gasteiger partial charge in [0.25, 0.3) is 0 Å². The van der Waals surface area contributed by atoms with Gasteiger partial charge in [-0.15, -0.1) is 0 Å². The zero-order valence-electron chi connectivity index (χ0n) is 15.6. The monoisotopic (exact) mass is 370 g/mol. The lowest BCUT2D eigenvalue weighted by Crippen LogP contribution is -2.32. The van der Waals surface area contributed by atoms with E-state index in [1.54, 1.807) is 29.2 Å². The predicted molar refractivity (Wildman–Crippen MR) is 103 cm³/mol. The summed E-state index contributed by atoms with van der Waals surface area (Å²) >= 11 is 0. The number of unbranched alkanes of at least 4 members (excludes halogenated alkanes) is 1. The van der Waals surface area contributed by atoms with Crippen molar-refractivity contribution < 1.29 is 19.1 Å². The third-order valence-electron chi connectivity index (χ3n) is 4.09. The normalized spacial score (nSPS) is 10.3. The first-order valence-electron chi connectivity index (χ1n) is 8.97. The van der Waals surface area contributed by atoms with E-state index in [0.717, 1.165) is 24.0 Å². The zero-order chi connectivity index (χ0) is 19.5. The number of nitrogens with two attached hydrogens (primary N) is 1. The molecule has 0 aliphatic rings. The second-order valence-corrected chi connectivity index (χ2v) is 6.15. The highest BCUT2D eigenvalue weighted by molar-refractivity contribution is 5.89. The summed E-state index contributed by atoms with van der Waals surface area (Å²) in [5, 5.41) is 0. The third kappa shape index (κ3) is 6.75. The highest BCUT2D eigenvalue weighted by Gasteiger charge is 2.15. The average Bonchev–Trinajstić information content (AvgIpc) is 2.72. The minimum atomic E-state index is -0.396. The van der Waals surface area contributed by atoms with Gasteiger partial charge < -0.3 is 20.1 Å². The minimum absolute atomic E-state index is 0.141. The minimum Gasteiger partial charge on any atom is -0.465 e. The molecule has 0 unspecified atom stereocenters. The van der Waals surface area contributed by atoms with Gasteiger partial charge in [-0.2, -0.15) is 0 Å². The average molecular weight is 370 g/mol. The molecule has 6 heteroatoms. The van der Waals surface area contributed by atoms with Gasteiger partial charge in [-0.05, 0) is 42.6 Å². The van der Waals surface area contributed by atoms with Crippen molar-refractivity contribution in [2.24, 2.45) is 5.73 Å². The molecular weight excluding hydrogens is 344 g/mol. The second-order valence-electron chi connectivity index (χ2n) is 6.15. The molecule has 0 atom stereocenters. The molecule has 2 rings (SSSR count). The molecule has 27 heavy (non-hydrogen) atoms. The van der Waals surface area contributed by atoms with Crippen LogP contribution in [0.3, 0.4) is 0 Å². The fourth-order valence-electron chi connectivity index (χ4n) is 2.58. The predicted octanol–water partition coefficient (Wildman–Crippen LogP) is 3.35. The molecule has 0 spiro atoms. The Labute approximate surface area is 159 Å². The van der Waals surface area contributed by atoms with Crippen LogP contribution in [0.15, 0.2) is 54.6 Å². The summed E-state index contributed by atoms with van der Waals surface area (Å²) in [6.07, 6.45) is 1.31. The molecule has 2 N–H and O–H groups in total. The fraction of sp³-hybridized carbons (Fsp3) is 0.333. The standard InChI is InChI=1S/C21H26N2O4/c1-26-20(24)19-11-9-18(10-12-19)16-27-21(25)23(14-6-5-13-22)15-17-7-3-2-4-8-17/h2-4,7-12H,5-6,13-16,22H2,1H3. The van der Waals surface area contributed by atoms with E-state index >= 15 is 0 Å². The lowest BCUT2D eigenvalue weighted by atomic mass is 10.1. The lowest BCUT2D eigenvalue weighted by Gasteiger charge is -2.22. The lowest BCUT2D eigenvalue weighted by molar-refractivity contribution is 0.0600. The van der Waals surface area contributed by atoms with Crippen molar-refractivity contribution >= 4 is 12.1 Å². The van der Waals surface area contributed by atoms with Gasteiger partial charge in [0, 0.05) is 13.1 Å². The first-order chi connectivity index (χ1) is 13.1. The summed E-state index contributed by atoms with van der Waals surface area (Å²) in [7, 11) is 1.34. The van der Waals surface area contributed by atoms with Crippen molar-refractivity contribution in [1.29, 1.82) is 0 Å². The maximum Gasteiger partial charge on any atom is 0.410 e. The van der Waals surface area contributed by atoms with Gasteiger partial charge in [0.2, 0.25) is 0 Å². The van der Waals surface area contributed by atoms with E-state index in [4.69, 9.17) is 10.5 Å². The van der Waals surface area contributed by atoms with Crippen LogP contribution in [0.4, 0.5) is 4.79 Å². The Hall–Kier alpha value is -2.86. The fourth-order valence-corrected chi connectivity index (χ4v) is 2.58. The van der Waals surface area contributed by atoms with Gasteiger partial charge in [-0.1, -0.05) is 42.5 Å². The SMILES string of the molecule is COC(=O)c1ccc(COC(=O)N(CCCCN)Cc2ccccc2)cc1. The number of hydrogen-bond acceptors (Lipinski definition) is 5. The molecule has 6 nitrogen and oxygen atoms in total. The quantitative estimate of drug-likeness (QED) is 0.541. The molecule has 0 radical (unpaired) electrons. The zero-order valence-corrected chi connectivity index (χ0v) is 15.6. The first-order valence-corrected chi connectivity index (χ1v) is 8.97. The first kappa shape index (κ1) is 20.5. The number of carbonyl (C=O) groups excluding carboxylic acids is 2. The molecule has 1 amide bonds. The summed E-state index contributed by atoms with van der Waals surface area (Å²) in [4.78, 5) is 25.7. The number of rotatable bonds is 9. The Bertz CT molecular complexity index is 717. The van der Waals surface area contributed by atoms with E-state index in [1.165, 1.54) is 7.11 Å². The smallest absolute Gasteiger partial charge is 0.410 e. The number of amides is 1. The molecule has 0 aliphatic heterocycles. The van der Waals surface area contributed by atoms with Crippen molar-refractivity contribution in [3.8, 4) is 0 Å². The highest BCUT2D eigenvalue weighted by atomic mass is 16.6. The summed E-state index contributed by atoms with van der Waals surface area (Å²) in [6.45, 7) is 1.82. The van der Waals surface area contributed by atoms with E-state index in [9.17, 15) is 9.59 Å². The maximum atomic E-state index is 12.5. The van der Waals surface area contributed by atoms with E-state index in [-0.39, 0.29) is 12.7 Å². The van der Waals surface area contributed by atoms with Gasteiger partial charge in [0.05, 0.1) is 12.7 Å². The van der Waals surface area contributed by atoms with E-state index < -0.39 is 5.97 Å². The van der Waals surface area contributed by atoms with Crippen molar-refractivity contribution in [3.05, 3.63) is 71.3 Å². The van der Waals surface area contributed by atoms with Crippen molar-refractivity contribution in [2.45, 2.75) is 26.0 Å². The number of nitrogens with zero attached hydrogens (tertiary/aromatic N) is 1. The van der Waals surface area contributed by atoms with Crippen LogP contribution in [0.25, 0.3) is 0 Å². The van der Waals surface area contributed by atoms with Gasteiger partial charge in [0.1, 0.15) is 6.61 Å². The number of methoxy groups -OCH3 is 1. The molecule has 0 saturated carbocycles. The Balaban J connectivity index is 1.94. The number of ether oxygens (including phenoxy) is 2. The Morgan fingerprint density at radius 3 is 2.30 bits per heavy atom. The number of hydrogen-bond donors (Lipinski definition) is 1. The molecule has 0 fully saturated rings. The molecule has 0 aliphatic carbocycles. The Morgan fingerprint density at radius 1 is 0.963 bits per heavy atom. The van der Waals surface area contributed by atoms with Crippen molar-refractivity contribution in [1.82, 2.24) is 4.90 Å². The van der Waals surface area contributed by atoms with Crippen LogP contribution in [-0.2, 0) is 22.6 Å². The highest BCUT2D eigenvalue weighted by Crippen LogP contribution is 2.11. The van der Waals surface area contributed by atoms with E-state index in [1.807, 2.05) is 30.3 Å². The molecule has 2 aromatic carbocycles. The number of esters is 1. The topological polar surface area (TPSA) is 81.9 Å². The van der Waals surface area contributed by atoms with Crippen LogP contribution >= 0.6 is 0 Å². The molecule has 2 aromatic rings. The van der Waals surface area contributed by atoms with Crippen molar-refractivity contribution in [2.75, 3.05) is 20.2 Å². The number of carbonyl (C=O) groups is 2. The summed E-state index contributed by atoms with van der Waals surface area (Å²) < 4.78 is 10.1. The largest absolute Gasteiger partial charge is 0.465 e. The maximum absolute atomic E-state index is 12.5. The van der Waals surface area contributed by atoms with Crippen LogP contribution in [0.1, 0.15) is 34.3 Å². The van der Waals surface area contributed by atoms with E-state index in [0.29, 0.717) is 25.2 Å². The molecule has 0 bridgehead atoms. The van der Waals surface area contributed by atoms with Crippen LogP contribution in [-0.4, -0.2) is 37.2 Å². The van der Waals surface area contributed by atoms with Gasteiger partial charge in [-0.3, -0.25) is 0 Å². The number of benzene rings is 2. The van der Waals surface area contributed by atoms with Crippen LogP contribution in [0.2, 0.25) is 0 Å². The molecule has 144 valence electrons. The second kappa shape index (κ2) is 11.0. The Morgan fingerprint density at radius 2 is 1.67 bits per heavy atom. The molecule has 0 aromatic heterocycles.